The Balaban J connectivity index is 1.21. The fourth-order valence-electron chi connectivity index (χ4n) is 6.09. The van der Waals surface area contributed by atoms with Gasteiger partial charge in [0.15, 0.2) is 12.0 Å². The molecule has 190 valence electrons. The van der Waals surface area contributed by atoms with Gasteiger partial charge < -0.3 is 20.2 Å². The van der Waals surface area contributed by atoms with E-state index in [0.717, 1.165) is 80.5 Å². The molecule has 4 aliphatic rings. The number of pyridine rings is 1. The summed E-state index contributed by atoms with van der Waals surface area (Å²) in [6.07, 6.45) is 11.4. The molecule has 0 bridgehead atoms. The number of rotatable bonds is 6. The van der Waals surface area contributed by atoms with Crippen LogP contribution in [-0.2, 0) is 4.79 Å². The maximum atomic E-state index is 12.4. The number of aliphatic hydroxyl groups is 1. The number of aliphatic hydroxyl groups excluding tert-OH is 1. The van der Waals surface area contributed by atoms with Crippen molar-refractivity contribution < 1.29 is 9.90 Å². The van der Waals surface area contributed by atoms with Crippen LogP contribution in [0.25, 0.3) is 5.57 Å². The molecule has 1 saturated heterocycles. The summed E-state index contributed by atoms with van der Waals surface area (Å²) in [5, 5.41) is 14.5. The number of anilines is 4. The van der Waals surface area contributed by atoms with E-state index < -0.39 is 6.23 Å². The van der Waals surface area contributed by atoms with Gasteiger partial charge >= 0.3 is 0 Å². The molecular weight excluding hydrogens is 454 g/mol. The summed E-state index contributed by atoms with van der Waals surface area (Å²) in [6, 6.07) is 2.98. The lowest BCUT2D eigenvalue weighted by atomic mass is 9.91. The van der Waals surface area contributed by atoms with Gasteiger partial charge in [-0.3, -0.25) is 9.69 Å². The number of nitrogens with zero attached hydrogens (tertiary/aromatic N) is 6. The molecule has 2 aromatic heterocycles. The van der Waals surface area contributed by atoms with Crippen molar-refractivity contribution in [2.24, 2.45) is 0 Å². The number of nitrogens with one attached hydrogen (secondary N) is 1. The fourth-order valence-corrected chi connectivity index (χ4v) is 6.09. The first kappa shape index (κ1) is 23.4. The van der Waals surface area contributed by atoms with Gasteiger partial charge in [0.1, 0.15) is 17.5 Å². The summed E-state index contributed by atoms with van der Waals surface area (Å²) in [5.74, 6) is 2.08. The average molecular weight is 490 g/mol. The Labute approximate surface area is 212 Å². The van der Waals surface area contributed by atoms with E-state index in [1.165, 1.54) is 19.8 Å². The Hall–Kier alpha value is -3.04. The number of hydrogen-bond donors (Lipinski definition) is 2. The molecule has 0 spiro atoms. The van der Waals surface area contributed by atoms with Gasteiger partial charge in [0.2, 0.25) is 0 Å². The third-order valence-corrected chi connectivity index (χ3v) is 8.18. The topological polar surface area (TPSA) is 97.7 Å². The van der Waals surface area contributed by atoms with E-state index in [9.17, 15) is 9.90 Å². The van der Waals surface area contributed by atoms with Gasteiger partial charge in [-0.1, -0.05) is 12.8 Å². The van der Waals surface area contributed by atoms with Crippen molar-refractivity contribution >= 4 is 34.5 Å². The molecule has 2 aliphatic carbocycles. The van der Waals surface area contributed by atoms with E-state index in [0.29, 0.717) is 17.2 Å². The molecule has 1 unspecified atom stereocenters. The van der Waals surface area contributed by atoms with Crippen LogP contribution >= 0.6 is 0 Å². The highest BCUT2D eigenvalue weighted by Gasteiger charge is 2.38. The van der Waals surface area contributed by atoms with Crippen LogP contribution in [-0.4, -0.2) is 75.2 Å². The molecular formula is C27H35N7O2. The largest absolute Gasteiger partial charge is 0.369 e. The number of Topliss-reactive ketones (excluding diaryl/α,β-unsaturated/α-hetero) is 1. The van der Waals surface area contributed by atoms with E-state index in [1.54, 1.807) is 12.4 Å². The van der Waals surface area contributed by atoms with Gasteiger partial charge in [0.05, 0.1) is 18.1 Å². The van der Waals surface area contributed by atoms with Crippen molar-refractivity contribution in [3.05, 3.63) is 35.8 Å². The molecule has 0 aromatic carbocycles. The van der Waals surface area contributed by atoms with Crippen molar-refractivity contribution in [1.82, 2.24) is 19.9 Å². The second kappa shape index (κ2) is 9.44. The first-order valence-corrected chi connectivity index (χ1v) is 13.3. The minimum absolute atomic E-state index is 0.0971. The van der Waals surface area contributed by atoms with E-state index in [4.69, 9.17) is 0 Å². The number of allylic oxidation sites excluding steroid dienone is 1. The number of aromatic nitrogens is 3. The normalized spacial score (nSPS) is 23.2. The number of hydrogen-bond acceptors (Lipinski definition) is 9. The molecule has 0 amide bonds. The van der Waals surface area contributed by atoms with Crippen LogP contribution in [0.2, 0.25) is 0 Å². The Morgan fingerprint density at radius 1 is 0.944 bits per heavy atom. The third kappa shape index (κ3) is 4.35. The van der Waals surface area contributed by atoms with E-state index >= 15 is 0 Å². The first-order valence-electron chi connectivity index (χ1n) is 13.3. The highest BCUT2D eigenvalue weighted by Crippen LogP contribution is 2.42. The summed E-state index contributed by atoms with van der Waals surface area (Å²) >= 11 is 0. The molecule has 6 rings (SSSR count). The molecule has 3 fully saturated rings. The Bertz CT molecular complexity index is 1160. The number of fused-ring (bicyclic) bond motifs is 1. The molecule has 2 aromatic rings. The van der Waals surface area contributed by atoms with Crippen molar-refractivity contribution in [3.8, 4) is 0 Å². The van der Waals surface area contributed by atoms with Crippen LogP contribution in [0.5, 0.6) is 0 Å². The summed E-state index contributed by atoms with van der Waals surface area (Å²) in [5.41, 5.74) is 3.07. The van der Waals surface area contributed by atoms with Crippen LogP contribution in [0.4, 0.5) is 23.1 Å². The minimum Gasteiger partial charge on any atom is -0.369 e. The maximum absolute atomic E-state index is 12.4. The van der Waals surface area contributed by atoms with Gasteiger partial charge in [-0.05, 0) is 45.1 Å². The number of carbonyl (C=O) groups excluding carboxylic acids is 1. The lowest BCUT2D eigenvalue weighted by Gasteiger charge is -2.41. The molecule has 9 nitrogen and oxygen atoms in total. The monoisotopic (exact) mass is 489 g/mol. The van der Waals surface area contributed by atoms with Crippen LogP contribution < -0.4 is 15.1 Å². The molecule has 9 heteroatoms. The van der Waals surface area contributed by atoms with Crippen molar-refractivity contribution in [1.29, 1.82) is 0 Å². The molecule has 2 aliphatic heterocycles. The Morgan fingerprint density at radius 2 is 1.67 bits per heavy atom. The second-order valence-corrected chi connectivity index (χ2v) is 10.5. The number of piperazine rings is 1. The van der Waals surface area contributed by atoms with E-state index in [1.807, 2.05) is 24.1 Å². The summed E-state index contributed by atoms with van der Waals surface area (Å²) in [4.78, 5) is 33.2. The lowest BCUT2D eigenvalue weighted by Crippen LogP contribution is -2.47. The van der Waals surface area contributed by atoms with Gasteiger partial charge in [0.25, 0.3) is 0 Å². The van der Waals surface area contributed by atoms with E-state index in [-0.39, 0.29) is 11.8 Å². The van der Waals surface area contributed by atoms with Gasteiger partial charge in [-0.2, -0.15) is 0 Å². The standard InChI is InChI=1S/C27H35N7O2/c1-17-21-14-28-23(13-22(21)34(20-5-3-4-6-20)27(36)26(17)18(2)35)31-24-15-30-25(16-29-24)33-11-9-32(10-12-33)19-7-8-19/h13-16,19-20,27,36H,3-12H2,1-2H3,(H,28,29,31). The predicted molar refractivity (Wildman–Crippen MR) is 140 cm³/mol. The van der Waals surface area contributed by atoms with Gasteiger partial charge in [-0.15, -0.1) is 0 Å². The zero-order valence-electron chi connectivity index (χ0n) is 21.2. The number of ketones is 1. The smallest absolute Gasteiger partial charge is 0.160 e. The predicted octanol–water partition coefficient (Wildman–Crippen LogP) is 3.34. The molecule has 2 saturated carbocycles. The zero-order valence-corrected chi connectivity index (χ0v) is 21.2. The quantitative estimate of drug-likeness (QED) is 0.633. The Kier molecular flexibility index (Phi) is 6.13. The van der Waals surface area contributed by atoms with Crippen LogP contribution in [0, 0.1) is 0 Å². The molecule has 0 radical (unpaired) electrons. The zero-order chi connectivity index (χ0) is 24.8. The Morgan fingerprint density at radius 3 is 2.31 bits per heavy atom. The summed E-state index contributed by atoms with van der Waals surface area (Å²) < 4.78 is 0. The lowest BCUT2D eigenvalue weighted by molar-refractivity contribution is -0.114. The number of carbonyl (C=O) groups is 1. The second-order valence-electron chi connectivity index (χ2n) is 10.5. The molecule has 2 N–H and O–H groups in total. The third-order valence-electron chi connectivity index (χ3n) is 8.18. The van der Waals surface area contributed by atoms with Crippen LogP contribution in [0.1, 0.15) is 57.9 Å². The maximum Gasteiger partial charge on any atom is 0.160 e. The van der Waals surface area contributed by atoms with Crippen LogP contribution in [0.15, 0.2) is 30.2 Å². The van der Waals surface area contributed by atoms with Crippen molar-refractivity contribution in [2.75, 3.05) is 41.3 Å². The molecule has 4 heterocycles. The summed E-state index contributed by atoms with van der Waals surface area (Å²) in [7, 11) is 0. The SMILES string of the molecule is CC(=O)C1=C(C)c2cnc(Nc3cnc(N4CCN(C5CC5)CC4)cn3)cc2N(C2CCCC2)C1O. The van der Waals surface area contributed by atoms with E-state index in [2.05, 4.69) is 30.1 Å². The highest BCUT2D eigenvalue weighted by atomic mass is 16.3. The highest BCUT2D eigenvalue weighted by molar-refractivity contribution is 6.05. The first-order chi connectivity index (χ1) is 17.5. The average Bonchev–Trinajstić information content (AvgIpc) is 3.59. The van der Waals surface area contributed by atoms with Gasteiger partial charge in [-0.25, -0.2) is 15.0 Å². The minimum atomic E-state index is -0.937. The summed E-state index contributed by atoms with van der Waals surface area (Å²) in [6.45, 7) is 7.58. The van der Waals surface area contributed by atoms with Crippen molar-refractivity contribution in [3.63, 3.8) is 0 Å². The molecule has 1 atom stereocenters. The van der Waals surface area contributed by atoms with Crippen LogP contribution in [0.3, 0.4) is 0 Å². The fraction of sp³-hybridized carbons (Fsp3) is 0.556. The van der Waals surface area contributed by atoms with Crippen molar-refractivity contribution in [2.45, 2.75) is 70.7 Å². The van der Waals surface area contributed by atoms with Gasteiger partial charge in [0, 0.05) is 61.7 Å². The molecule has 36 heavy (non-hydrogen) atoms.